The van der Waals surface area contributed by atoms with Gasteiger partial charge in [-0.2, -0.15) is 0 Å². The highest BCUT2D eigenvalue weighted by Crippen LogP contribution is 2.29. The molecule has 0 aromatic heterocycles. The molecule has 3 heteroatoms. The molecule has 3 nitrogen and oxygen atoms in total. The van der Waals surface area contributed by atoms with Gasteiger partial charge < -0.3 is 14.7 Å². The second kappa shape index (κ2) is 11.9. The number of aliphatic hydroxyl groups is 1. The molecule has 0 bridgehead atoms. The fourth-order valence-corrected chi connectivity index (χ4v) is 5.28. The maximum absolute atomic E-state index is 10.5. The smallest absolute Gasteiger partial charge is 0.118 e. The molecule has 4 rings (SSSR count). The van der Waals surface area contributed by atoms with Gasteiger partial charge in [0, 0.05) is 0 Å². The highest BCUT2D eigenvalue weighted by atomic mass is 16.5. The summed E-state index contributed by atoms with van der Waals surface area (Å²) in [7, 11) is 1.67. The van der Waals surface area contributed by atoms with Crippen LogP contribution in [0.15, 0.2) is 60.7 Å². The monoisotopic (exact) mass is 459 g/mol. The van der Waals surface area contributed by atoms with Gasteiger partial charge in [0.2, 0.25) is 0 Å². The SMILES string of the molecule is COc1ccc(C(O)CCCCN2CCC(Cc3cccc4ccc(C(C)C)cc34)CC2)cc1. The Balaban J connectivity index is 1.21. The molecule has 1 aliphatic heterocycles. The average molecular weight is 460 g/mol. The molecule has 3 aromatic rings. The van der Waals surface area contributed by atoms with E-state index in [0.717, 1.165) is 43.0 Å². The lowest BCUT2D eigenvalue weighted by Crippen LogP contribution is -2.35. The Hall–Kier alpha value is -2.36. The van der Waals surface area contributed by atoms with Crippen molar-refractivity contribution < 1.29 is 9.84 Å². The molecule has 1 aliphatic rings. The Labute approximate surface area is 205 Å². The van der Waals surface area contributed by atoms with Crippen LogP contribution in [-0.4, -0.2) is 36.8 Å². The Bertz CT molecular complexity index is 1030. The summed E-state index contributed by atoms with van der Waals surface area (Å²) in [5, 5.41) is 13.3. The molecular weight excluding hydrogens is 418 g/mol. The van der Waals surface area contributed by atoms with Gasteiger partial charge in [-0.1, -0.05) is 62.4 Å². The van der Waals surface area contributed by atoms with E-state index in [1.165, 1.54) is 54.3 Å². The summed E-state index contributed by atoms with van der Waals surface area (Å²) in [6.07, 6.45) is 6.42. The Morgan fingerprint density at radius 2 is 1.68 bits per heavy atom. The summed E-state index contributed by atoms with van der Waals surface area (Å²) in [6, 6.07) is 21.6. The highest BCUT2D eigenvalue weighted by Gasteiger charge is 2.20. The van der Waals surface area contributed by atoms with Crippen LogP contribution in [0.5, 0.6) is 5.75 Å². The van der Waals surface area contributed by atoms with Crippen LogP contribution in [0, 0.1) is 5.92 Å². The van der Waals surface area contributed by atoms with Crippen LogP contribution < -0.4 is 4.74 Å². The van der Waals surface area contributed by atoms with Crippen LogP contribution in [0.4, 0.5) is 0 Å². The maximum Gasteiger partial charge on any atom is 0.118 e. The lowest BCUT2D eigenvalue weighted by atomic mass is 9.87. The van der Waals surface area contributed by atoms with Crippen molar-refractivity contribution in [1.29, 1.82) is 0 Å². The van der Waals surface area contributed by atoms with Gasteiger partial charge in [-0.3, -0.25) is 0 Å². The third-order valence-electron chi connectivity index (χ3n) is 7.58. The number of likely N-dealkylation sites (tertiary alicyclic amines) is 1. The zero-order valence-electron chi connectivity index (χ0n) is 21.2. The summed E-state index contributed by atoms with van der Waals surface area (Å²) in [6.45, 7) is 8.11. The maximum atomic E-state index is 10.5. The van der Waals surface area contributed by atoms with Gasteiger partial charge in [-0.15, -0.1) is 0 Å². The van der Waals surface area contributed by atoms with Crippen molar-refractivity contribution in [3.05, 3.63) is 77.4 Å². The summed E-state index contributed by atoms with van der Waals surface area (Å²) < 4.78 is 5.20. The van der Waals surface area contributed by atoms with E-state index in [4.69, 9.17) is 4.74 Å². The predicted octanol–water partition coefficient (Wildman–Crippen LogP) is 7.13. The molecule has 3 aromatic carbocycles. The molecule has 0 aliphatic carbocycles. The molecule has 1 atom stereocenters. The van der Waals surface area contributed by atoms with Gasteiger partial charge in [0.1, 0.15) is 5.75 Å². The molecule has 182 valence electrons. The second-order valence-corrected chi connectivity index (χ2v) is 10.3. The Morgan fingerprint density at radius 1 is 0.941 bits per heavy atom. The standard InChI is InChI=1S/C31H41NO2/c1-23(2)27-11-10-25-7-6-8-28(30(25)22-27)21-24-16-19-32(20-17-24)18-5-4-9-31(33)26-12-14-29(34-3)15-13-26/h6-8,10-15,22-24,31,33H,4-5,9,16-21H2,1-3H3. The number of methoxy groups -OCH3 is 1. The Morgan fingerprint density at radius 3 is 2.38 bits per heavy atom. The first-order valence-corrected chi connectivity index (χ1v) is 13.1. The van der Waals surface area contributed by atoms with Crippen LogP contribution in [-0.2, 0) is 6.42 Å². The predicted molar refractivity (Wildman–Crippen MR) is 143 cm³/mol. The number of hydrogen-bond acceptors (Lipinski definition) is 3. The van der Waals surface area contributed by atoms with E-state index in [2.05, 4.69) is 55.1 Å². The molecule has 0 amide bonds. The zero-order chi connectivity index (χ0) is 23.9. The van der Waals surface area contributed by atoms with Crippen molar-refractivity contribution >= 4 is 10.8 Å². The number of piperidine rings is 1. The summed E-state index contributed by atoms with van der Waals surface area (Å²) in [5.74, 6) is 2.18. The average Bonchev–Trinajstić information content (AvgIpc) is 2.87. The molecule has 1 saturated heterocycles. The van der Waals surface area contributed by atoms with Gasteiger partial charge >= 0.3 is 0 Å². The third-order valence-corrected chi connectivity index (χ3v) is 7.58. The molecule has 1 N–H and O–H groups in total. The van der Waals surface area contributed by atoms with Crippen LogP contribution in [0.2, 0.25) is 0 Å². The minimum atomic E-state index is -0.381. The summed E-state index contributed by atoms with van der Waals surface area (Å²) >= 11 is 0. The number of unbranched alkanes of at least 4 members (excludes halogenated alkanes) is 1. The second-order valence-electron chi connectivity index (χ2n) is 10.3. The number of rotatable bonds is 10. The topological polar surface area (TPSA) is 32.7 Å². The first kappa shape index (κ1) is 24.8. The molecule has 1 fully saturated rings. The minimum Gasteiger partial charge on any atom is -0.497 e. The number of hydrogen-bond donors (Lipinski definition) is 1. The molecule has 0 spiro atoms. The van der Waals surface area contributed by atoms with E-state index < -0.39 is 0 Å². The van der Waals surface area contributed by atoms with E-state index in [1.54, 1.807) is 7.11 Å². The van der Waals surface area contributed by atoms with Crippen LogP contribution >= 0.6 is 0 Å². The fraction of sp³-hybridized carbons (Fsp3) is 0.484. The highest BCUT2D eigenvalue weighted by molar-refractivity contribution is 5.86. The molecule has 0 saturated carbocycles. The lowest BCUT2D eigenvalue weighted by molar-refractivity contribution is 0.153. The largest absolute Gasteiger partial charge is 0.497 e. The van der Waals surface area contributed by atoms with Crippen molar-refractivity contribution in [3.8, 4) is 5.75 Å². The van der Waals surface area contributed by atoms with Crippen molar-refractivity contribution in [3.63, 3.8) is 0 Å². The number of benzene rings is 3. The van der Waals surface area contributed by atoms with E-state index >= 15 is 0 Å². The zero-order valence-corrected chi connectivity index (χ0v) is 21.2. The van der Waals surface area contributed by atoms with Crippen molar-refractivity contribution in [2.75, 3.05) is 26.7 Å². The minimum absolute atomic E-state index is 0.381. The van der Waals surface area contributed by atoms with Crippen LogP contribution in [0.1, 0.15) is 74.7 Å². The number of aliphatic hydroxyl groups excluding tert-OH is 1. The number of fused-ring (bicyclic) bond motifs is 1. The quantitative estimate of drug-likeness (QED) is 0.327. The third kappa shape index (κ3) is 6.40. The first-order valence-electron chi connectivity index (χ1n) is 13.1. The molecule has 34 heavy (non-hydrogen) atoms. The van der Waals surface area contributed by atoms with E-state index in [0.29, 0.717) is 5.92 Å². The van der Waals surface area contributed by atoms with Crippen LogP contribution in [0.25, 0.3) is 10.8 Å². The van der Waals surface area contributed by atoms with Gasteiger partial charge in [0.25, 0.3) is 0 Å². The number of nitrogens with zero attached hydrogens (tertiary/aromatic N) is 1. The van der Waals surface area contributed by atoms with Crippen LogP contribution in [0.3, 0.4) is 0 Å². The van der Waals surface area contributed by atoms with E-state index in [-0.39, 0.29) is 6.10 Å². The van der Waals surface area contributed by atoms with E-state index in [1.807, 2.05) is 24.3 Å². The van der Waals surface area contributed by atoms with Gasteiger partial charge in [-0.05, 0) is 110 Å². The molecule has 1 heterocycles. The van der Waals surface area contributed by atoms with Gasteiger partial charge in [0.15, 0.2) is 0 Å². The van der Waals surface area contributed by atoms with Gasteiger partial charge in [0.05, 0.1) is 13.2 Å². The number of ether oxygens (including phenoxy) is 1. The van der Waals surface area contributed by atoms with Crippen molar-refractivity contribution in [1.82, 2.24) is 4.90 Å². The summed E-state index contributed by atoms with van der Waals surface area (Å²) in [4.78, 5) is 2.62. The molecule has 1 unspecified atom stereocenters. The van der Waals surface area contributed by atoms with Gasteiger partial charge in [-0.25, -0.2) is 0 Å². The molecule has 0 radical (unpaired) electrons. The molecular formula is C31H41NO2. The fourth-order valence-electron chi connectivity index (χ4n) is 5.28. The van der Waals surface area contributed by atoms with Crippen molar-refractivity contribution in [2.45, 2.75) is 64.4 Å². The van der Waals surface area contributed by atoms with Crippen molar-refractivity contribution in [2.24, 2.45) is 5.92 Å². The summed E-state index contributed by atoms with van der Waals surface area (Å²) in [5.41, 5.74) is 3.94. The lowest BCUT2D eigenvalue weighted by Gasteiger charge is -2.32. The Kier molecular flexibility index (Phi) is 8.64. The van der Waals surface area contributed by atoms with E-state index in [9.17, 15) is 5.11 Å². The first-order chi connectivity index (χ1) is 16.5. The normalized spacial score (nSPS) is 16.3.